The first kappa shape index (κ1) is 12.6. The number of rotatable bonds is 6. The van der Waals surface area contributed by atoms with E-state index in [-0.39, 0.29) is 0 Å². The summed E-state index contributed by atoms with van der Waals surface area (Å²) in [6, 6.07) is 4.26. The number of aryl methyl sites for hydroxylation is 2. The highest BCUT2D eigenvalue weighted by atomic mass is 32.2. The fourth-order valence-corrected chi connectivity index (χ4v) is 2.63. The second-order valence-corrected chi connectivity index (χ2v) is 6.36. The van der Waals surface area contributed by atoms with Crippen LogP contribution in [0.15, 0.2) is 23.7 Å². The van der Waals surface area contributed by atoms with Gasteiger partial charge in [0.15, 0.2) is 0 Å². The van der Waals surface area contributed by atoms with Crippen molar-refractivity contribution in [2.45, 2.75) is 31.6 Å². The van der Waals surface area contributed by atoms with Crippen molar-refractivity contribution in [2.75, 3.05) is 6.26 Å². The van der Waals surface area contributed by atoms with E-state index in [0.717, 1.165) is 25.1 Å². The zero-order valence-corrected chi connectivity index (χ0v) is 11.8. The Morgan fingerprint density at radius 3 is 3.12 bits per heavy atom. The highest BCUT2D eigenvalue weighted by Gasteiger charge is 2.06. The van der Waals surface area contributed by atoms with Gasteiger partial charge in [0.2, 0.25) is 0 Å². The Bertz CT molecular complexity index is 436. The van der Waals surface area contributed by atoms with Crippen molar-refractivity contribution in [3.8, 4) is 0 Å². The molecule has 1 unspecified atom stereocenters. The summed E-state index contributed by atoms with van der Waals surface area (Å²) in [5.74, 6) is 0. The van der Waals surface area contributed by atoms with Crippen LogP contribution in [0.25, 0.3) is 0 Å². The number of aromatic nitrogens is 3. The Balaban J connectivity index is 1.85. The normalized spacial score (nSPS) is 12.8. The molecule has 0 bridgehead atoms. The van der Waals surface area contributed by atoms with Gasteiger partial charge in [-0.1, -0.05) is 18.2 Å². The van der Waals surface area contributed by atoms with Gasteiger partial charge in [-0.3, -0.25) is 4.68 Å². The maximum atomic E-state index is 4.21. The molecule has 92 valence electrons. The third-order valence-electron chi connectivity index (χ3n) is 2.65. The molecule has 2 heterocycles. The predicted octanol–water partition coefficient (Wildman–Crippen LogP) is 2.88. The molecule has 0 aliphatic carbocycles. The monoisotopic (exact) mass is 267 g/mol. The molecule has 0 amide bonds. The Hall–Kier alpha value is -0.810. The minimum absolute atomic E-state index is 0.609. The van der Waals surface area contributed by atoms with Crippen LogP contribution >= 0.6 is 23.1 Å². The van der Waals surface area contributed by atoms with Crippen LogP contribution in [0.5, 0.6) is 0 Å². The van der Waals surface area contributed by atoms with E-state index in [4.69, 9.17) is 0 Å². The quantitative estimate of drug-likeness (QED) is 0.806. The lowest BCUT2D eigenvalue weighted by Crippen LogP contribution is -2.01. The molecule has 2 rings (SSSR count). The summed E-state index contributed by atoms with van der Waals surface area (Å²) in [4.78, 5) is 1.40. The molecule has 0 aromatic carbocycles. The van der Waals surface area contributed by atoms with Crippen molar-refractivity contribution in [2.24, 2.45) is 0 Å². The summed E-state index contributed by atoms with van der Waals surface area (Å²) in [5.41, 5.74) is 1.10. The van der Waals surface area contributed by atoms with Gasteiger partial charge in [-0.15, -0.1) is 16.4 Å². The summed E-state index contributed by atoms with van der Waals surface area (Å²) in [5, 5.41) is 11.1. The van der Waals surface area contributed by atoms with Crippen LogP contribution in [-0.2, 0) is 19.4 Å². The van der Waals surface area contributed by atoms with Gasteiger partial charge >= 0.3 is 0 Å². The number of hydrogen-bond acceptors (Lipinski definition) is 4. The van der Waals surface area contributed by atoms with Crippen LogP contribution in [0, 0.1) is 0 Å². The first-order valence-electron chi connectivity index (χ1n) is 5.72. The van der Waals surface area contributed by atoms with Gasteiger partial charge in [-0.2, -0.15) is 11.8 Å². The van der Waals surface area contributed by atoms with E-state index in [9.17, 15) is 0 Å². The van der Waals surface area contributed by atoms with Crippen LogP contribution in [0.1, 0.15) is 17.5 Å². The van der Waals surface area contributed by atoms with E-state index in [1.165, 1.54) is 4.88 Å². The molecule has 0 radical (unpaired) electrons. The number of thiophene rings is 1. The van der Waals surface area contributed by atoms with Crippen molar-refractivity contribution >= 4 is 23.1 Å². The minimum atomic E-state index is 0.609. The fourth-order valence-electron chi connectivity index (χ4n) is 1.60. The zero-order valence-electron chi connectivity index (χ0n) is 10.2. The maximum Gasteiger partial charge on any atom is 0.0838 e. The molecule has 3 nitrogen and oxygen atoms in total. The van der Waals surface area contributed by atoms with Crippen molar-refractivity contribution in [3.05, 3.63) is 34.3 Å². The summed E-state index contributed by atoms with van der Waals surface area (Å²) < 4.78 is 1.95. The highest BCUT2D eigenvalue weighted by molar-refractivity contribution is 7.99. The average molecular weight is 267 g/mol. The Kier molecular flexibility index (Phi) is 4.62. The third kappa shape index (κ3) is 3.85. The van der Waals surface area contributed by atoms with Crippen molar-refractivity contribution in [1.82, 2.24) is 15.0 Å². The van der Waals surface area contributed by atoms with Gasteiger partial charge < -0.3 is 0 Å². The highest BCUT2D eigenvalue weighted by Crippen LogP contribution is 2.12. The summed E-state index contributed by atoms with van der Waals surface area (Å²) in [6.45, 7) is 3.14. The maximum absolute atomic E-state index is 4.21. The first-order chi connectivity index (χ1) is 8.28. The van der Waals surface area contributed by atoms with Gasteiger partial charge in [-0.05, 0) is 17.7 Å². The number of hydrogen-bond donors (Lipinski definition) is 0. The van der Waals surface area contributed by atoms with Gasteiger partial charge in [0, 0.05) is 35.7 Å². The molecule has 0 aliphatic rings. The second kappa shape index (κ2) is 6.21. The van der Waals surface area contributed by atoms with E-state index < -0.39 is 0 Å². The molecule has 0 spiro atoms. The van der Waals surface area contributed by atoms with Crippen LogP contribution in [0.3, 0.4) is 0 Å². The van der Waals surface area contributed by atoms with Crippen LogP contribution in [-0.4, -0.2) is 26.5 Å². The van der Waals surface area contributed by atoms with Gasteiger partial charge in [0.25, 0.3) is 0 Å². The van der Waals surface area contributed by atoms with E-state index in [1.54, 1.807) is 11.3 Å². The van der Waals surface area contributed by atoms with E-state index in [1.807, 2.05) is 16.4 Å². The molecular weight excluding hydrogens is 250 g/mol. The number of nitrogens with zero attached hydrogens (tertiary/aromatic N) is 3. The molecule has 0 aliphatic heterocycles. The van der Waals surface area contributed by atoms with Crippen molar-refractivity contribution in [1.29, 1.82) is 0 Å². The van der Waals surface area contributed by atoms with Gasteiger partial charge in [0.1, 0.15) is 0 Å². The first-order valence-corrected chi connectivity index (χ1v) is 7.89. The summed E-state index contributed by atoms with van der Waals surface area (Å²) in [6.07, 6.45) is 6.24. The standard InChI is InChI=1S/C12H17N3S2/c1-10(16-2)8-11-9-15(14-13-11)6-5-12-4-3-7-17-12/h3-4,7,9-10H,5-6,8H2,1-2H3. The van der Waals surface area contributed by atoms with Crippen LogP contribution in [0.4, 0.5) is 0 Å². The molecule has 0 saturated heterocycles. The molecule has 2 aromatic rings. The SMILES string of the molecule is CSC(C)Cc1cn(CCc2cccs2)nn1. The Morgan fingerprint density at radius 1 is 1.53 bits per heavy atom. The van der Waals surface area contributed by atoms with Gasteiger partial charge in [0.05, 0.1) is 5.69 Å². The Morgan fingerprint density at radius 2 is 2.41 bits per heavy atom. The Labute approximate surface area is 110 Å². The van der Waals surface area contributed by atoms with Crippen LogP contribution in [0.2, 0.25) is 0 Å². The predicted molar refractivity (Wildman–Crippen MR) is 74.7 cm³/mol. The number of thioether (sulfide) groups is 1. The largest absolute Gasteiger partial charge is 0.252 e. The molecule has 2 aromatic heterocycles. The molecule has 17 heavy (non-hydrogen) atoms. The van der Waals surface area contributed by atoms with E-state index in [2.05, 4.69) is 47.2 Å². The molecule has 0 saturated carbocycles. The molecule has 1 atom stereocenters. The topological polar surface area (TPSA) is 30.7 Å². The lowest BCUT2D eigenvalue weighted by Gasteiger charge is -2.03. The molecule has 5 heteroatoms. The van der Waals surface area contributed by atoms with Crippen LogP contribution < -0.4 is 0 Å². The minimum Gasteiger partial charge on any atom is -0.252 e. The average Bonchev–Trinajstić information content (AvgIpc) is 2.97. The summed E-state index contributed by atoms with van der Waals surface area (Å²) >= 11 is 3.66. The lowest BCUT2D eigenvalue weighted by atomic mass is 10.3. The zero-order chi connectivity index (χ0) is 12.1. The molecular formula is C12H17N3S2. The second-order valence-electron chi connectivity index (χ2n) is 4.05. The van der Waals surface area contributed by atoms with E-state index >= 15 is 0 Å². The molecule has 0 fully saturated rings. The fraction of sp³-hybridized carbons (Fsp3) is 0.500. The smallest absolute Gasteiger partial charge is 0.0838 e. The van der Waals surface area contributed by atoms with E-state index in [0.29, 0.717) is 5.25 Å². The third-order valence-corrected chi connectivity index (χ3v) is 4.56. The van der Waals surface area contributed by atoms with Crippen molar-refractivity contribution < 1.29 is 0 Å². The lowest BCUT2D eigenvalue weighted by molar-refractivity contribution is 0.592. The summed E-state index contributed by atoms with van der Waals surface area (Å²) in [7, 11) is 0. The van der Waals surface area contributed by atoms with Gasteiger partial charge in [-0.25, -0.2) is 0 Å². The molecule has 0 N–H and O–H groups in total. The van der Waals surface area contributed by atoms with Crippen molar-refractivity contribution in [3.63, 3.8) is 0 Å².